The van der Waals surface area contributed by atoms with Crippen LogP contribution in [0.1, 0.15) is 25.7 Å². The van der Waals surface area contributed by atoms with Crippen LogP contribution in [0, 0.1) is 5.92 Å². The molecule has 0 saturated carbocycles. The third-order valence-corrected chi connectivity index (χ3v) is 6.50. The Bertz CT molecular complexity index is 686. The summed E-state index contributed by atoms with van der Waals surface area (Å²) in [5.74, 6) is 2.35. The number of amides is 1. The van der Waals surface area contributed by atoms with E-state index >= 15 is 0 Å². The molecular formula is C21H34N6O2. The average molecular weight is 403 g/mol. The maximum Gasteiger partial charge on any atom is 0.227 e. The van der Waals surface area contributed by atoms with Crippen LogP contribution >= 0.6 is 0 Å². The highest BCUT2D eigenvalue weighted by Gasteiger charge is 2.34. The highest BCUT2D eigenvalue weighted by molar-refractivity contribution is 5.79. The molecule has 0 N–H and O–H groups in total. The molecule has 3 fully saturated rings. The minimum absolute atomic E-state index is 0.155. The maximum absolute atomic E-state index is 12.9. The van der Waals surface area contributed by atoms with Gasteiger partial charge in [0.05, 0.1) is 31.5 Å². The summed E-state index contributed by atoms with van der Waals surface area (Å²) >= 11 is 0. The predicted molar refractivity (Wildman–Crippen MR) is 113 cm³/mol. The number of anilines is 2. The van der Waals surface area contributed by atoms with E-state index in [0.29, 0.717) is 25.2 Å². The monoisotopic (exact) mass is 402 g/mol. The van der Waals surface area contributed by atoms with E-state index in [4.69, 9.17) is 9.72 Å². The first-order valence-corrected chi connectivity index (χ1v) is 11.0. The highest BCUT2D eigenvalue weighted by atomic mass is 16.5. The van der Waals surface area contributed by atoms with Crippen LogP contribution in [0.5, 0.6) is 0 Å². The van der Waals surface area contributed by atoms with Crippen LogP contribution in [0.15, 0.2) is 12.4 Å². The van der Waals surface area contributed by atoms with Gasteiger partial charge in [0.2, 0.25) is 5.91 Å². The first kappa shape index (κ1) is 20.3. The molecule has 0 unspecified atom stereocenters. The Morgan fingerprint density at radius 2 is 1.83 bits per heavy atom. The number of hydrogen-bond acceptors (Lipinski definition) is 7. The van der Waals surface area contributed by atoms with Gasteiger partial charge < -0.3 is 19.4 Å². The number of ether oxygens (including phenoxy) is 1. The second kappa shape index (κ2) is 9.26. The first-order chi connectivity index (χ1) is 14.1. The first-order valence-electron chi connectivity index (χ1n) is 11.0. The smallest absolute Gasteiger partial charge is 0.227 e. The predicted octanol–water partition coefficient (Wildman–Crippen LogP) is 1.08. The van der Waals surface area contributed by atoms with Gasteiger partial charge >= 0.3 is 0 Å². The summed E-state index contributed by atoms with van der Waals surface area (Å²) in [7, 11) is 3.98. The number of hydrogen-bond donors (Lipinski definition) is 0. The average Bonchev–Trinajstić information content (AvgIpc) is 2.79. The third-order valence-electron chi connectivity index (χ3n) is 6.50. The van der Waals surface area contributed by atoms with Crippen LogP contribution in [-0.4, -0.2) is 98.3 Å². The number of carbonyl (C=O) groups excluding carboxylic acids is 1. The molecule has 0 aromatic carbocycles. The maximum atomic E-state index is 12.9. The molecule has 160 valence electrons. The summed E-state index contributed by atoms with van der Waals surface area (Å²) in [6.07, 6.45) is 8.05. The van der Waals surface area contributed by atoms with Gasteiger partial charge in [-0.1, -0.05) is 0 Å². The Morgan fingerprint density at radius 1 is 1.07 bits per heavy atom. The molecule has 3 aliphatic rings. The van der Waals surface area contributed by atoms with E-state index in [2.05, 4.69) is 14.8 Å². The summed E-state index contributed by atoms with van der Waals surface area (Å²) < 4.78 is 5.40. The fraction of sp³-hybridized carbons (Fsp3) is 0.762. The van der Waals surface area contributed by atoms with Crippen molar-refractivity contribution in [2.75, 3.05) is 76.4 Å². The van der Waals surface area contributed by atoms with E-state index in [1.54, 1.807) is 6.20 Å². The van der Waals surface area contributed by atoms with Crippen LogP contribution in [0.4, 0.5) is 11.6 Å². The highest BCUT2D eigenvalue weighted by Crippen LogP contribution is 2.27. The number of aromatic nitrogens is 2. The van der Waals surface area contributed by atoms with Crippen molar-refractivity contribution in [3.8, 4) is 0 Å². The number of morpholine rings is 1. The third kappa shape index (κ3) is 4.80. The van der Waals surface area contributed by atoms with Crippen LogP contribution in [0.2, 0.25) is 0 Å². The molecule has 4 rings (SSSR count). The van der Waals surface area contributed by atoms with Crippen molar-refractivity contribution in [3.05, 3.63) is 12.4 Å². The Labute approximate surface area is 173 Å². The molecule has 3 saturated heterocycles. The van der Waals surface area contributed by atoms with Crippen molar-refractivity contribution >= 4 is 17.5 Å². The SMILES string of the molecule is CN(C)c1cncc(N2CCC(N3CCC[C@H](C(=O)N4CCOCC4)C3)CC2)n1. The van der Waals surface area contributed by atoms with Gasteiger partial charge in [-0.3, -0.25) is 14.7 Å². The Hall–Kier alpha value is -1.93. The van der Waals surface area contributed by atoms with Crippen LogP contribution in [0.25, 0.3) is 0 Å². The van der Waals surface area contributed by atoms with Crippen molar-refractivity contribution in [2.45, 2.75) is 31.7 Å². The lowest BCUT2D eigenvalue weighted by atomic mass is 9.92. The number of rotatable bonds is 4. The summed E-state index contributed by atoms with van der Waals surface area (Å²) in [6, 6.07) is 0.566. The molecule has 8 heteroatoms. The topological polar surface area (TPSA) is 65.0 Å². The molecule has 1 amide bonds. The lowest BCUT2D eigenvalue weighted by molar-refractivity contribution is -0.141. The number of piperidine rings is 2. The van der Waals surface area contributed by atoms with E-state index in [1.807, 2.05) is 30.1 Å². The fourth-order valence-electron chi connectivity index (χ4n) is 4.76. The standard InChI is InChI=1S/C21H34N6O2/c1-24(2)19-14-22-15-20(23-19)25-8-5-18(6-9-25)27-7-3-4-17(16-27)21(28)26-10-12-29-13-11-26/h14-15,17-18H,3-13,16H2,1-2H3/t17-/m0/s1. The second-order valence-corrected chi connectivity index (χ2v) is 8.62. The molecule has 1 aromatic rings. The van der Waals surface area contributed by atoms with Gasteiger partial charge in [0.25, 0.3) is 0 Å². The molecular weight excluding hydrogens is 368 g/mol. The Balaban J connectivity index is 1.31. The van der Waals surface area contributed by atoms with Crippen molar-refractivity contribution in [1.82, 2.24) is 19.8 Å². The molecule has 29 heavy (non-hydrogen) atoms. The minimum Gasteiger partial charge on any atom is -0.378 e. The van der Waals surface area contributed by atoms with Gasteiger partial charge in [-0.05, 0) is 32.2 Å². The zero-order chi connectivity index (χ0) is 20.2. The van der Waals surface area contributed by atoms with Gasteiger partial charge in [-0.2, -0.15) is 0 Å². The molecule has 0 aliphatic carbocycles. The molecule has 4 heterocycles. The Kier molecular flexibility index (Phi) is 6.50. The largest absolute Gasteiger partial charge is 0.378 e. The number of carbonyl (C=O) groups is 1. The van der Waals surface area contributed by atoms with Crippen molar-refractivity contribution in [1.29, 1.82) is 0 Å². The van der Waals surface area contributed by atoms with Crippen LogP contribution in [-0.2, 0) is 9.53 Å². The van der Waals surface area contributed by atoms with E-state index in [0.717, 1.165) is 76.6 Å². The van der Waals surface area contributed by atoms with Gasteiger partial charge in [0, 0.05) is 52.9 Å². The molecule has 0 bridgehead atoms. The van der Waals surface area contributed by atoms with Gasteiger partial charge in [0.15, 0.2) is 0 Å². The quantitative estimate of drug-likeness (QED) is 0.747. The summed E-state index contributed by atoms with van der Waals surface area (Å²) in [6.45, 7) is 6.88. The van der Waals surface area contributed by atoms with Crippen LogP contribution in [0.3, 0.4) is 0 Å². The van der Waals surface area contributed by atoms with E-state index < -0.39 is 0 Å². The molecule has 8 nitrogen and oxygen atoms in total. The zero-order valence-electron chi connectivity index (χ0n) is 17.8. The zero-order valence-corrected chi connectivity index (χ0v) is 17.8. The second-order valence-electron chi connectivity index (χ2n) is 8.62. The molecule has 0 radical (unpaired) electrons. The minimum atomic E-state index is 0.155. The van der Waals surface area contributed by atoms with Crippen molar-refractivity contribution < 1.29 is 9.53 Å². The number of likely N-dealkylation sites (tertiary alicyclic amines) is 1. The normalized spacial score (nSPS) is 24.6. The van der Waals surface area contributed by atoms with E-state index in [9.17, 15) is 4.79 Å². The summed E-state index contributed by atoms with van der Waals surface area (Å²) in [5.41, 5.74) is 0. The molecule has 1 atom stereocenters. The Morgan fingerprint density at radius 3 is 2.55 bits per heavy atom. The summed E-state index contributed by atoms with van der Waals surface area (Å²) in [5, 5.41) is 0. The van der Waals surface area contributed by atoms with Crippen molar-refractivity contribution in [2.24, 2.45) is 5.92 Å². The molecule has 1 aromatic heterocycles. The van der Waals surface area contributed by atoms with Crippen molar-refractivity contribution in [3.63, 3.8) is 0 Å². The molecule has 3 aliphatic heterocycles. The van der Waals surface area contributed by atoms with Gasteiger partial charge in [0.1, 0.15) is 11.6 Å². The fourth-order valence-corrected chi connectivity index (χ4v) is 4.76. The van der Waals surface area contributed by atoms with E-state index in [1.165, 1.54) is 0 Å². The van der Waals surface area contributed by atoms with E-state index in [-0.39, 0.29) is 5.92 Å². The summed E-state index contributed by atoms with van der Waals surface area (Å²) in [4.78, 5) is 30.9. The molecule has 0 spiro atoms. The van der Waals surface area contributed by atoms with Crippen LogP contribution < -0.4 is 9.80 Å². The van der Waals surface area contributed by atoms with Gasteiger partial charge in [-0.25, -0.2) is 4.98 Å². The number of nitrogens with zero attached hydrogens (tertiary/aromatic N) is 6. The lowest BCUT2D eigenvalue weighted by Gasteiger charge is -2.43. The van der Waals surface area contributed by atoms with Gasteiger partial charge in [-0.15, -0.1) is 0 Å². The lowest BCUT2D eigenvalue weighted by Crippen LogP contribution is -2.52.